The van der Waals surface area contributed by atoms with Crippen LogP contribution < -0.4 is 0 Å². The van der Waals surface area contributed by atoms with E-state index in [1.807, 2.05) is 6.08 Å². The second-order valence-electron chi connectivity index (χ2n) is 4.60. The van der Waals surface area contributed by atoms with Crippen LogP contribution in [-0.4, -0.2) is 0 Å². The van der Waals surface area contributed by atoms with Crippen LogP contribution in [0, 0.1) is 17.6 Å². The minimum atomic E-state index is -0.771. The van der Waals surface area contributed by atoms with Gasteiger partial charge in [-0.3, -0.25) is 0 Å². The summed E-state index contributed by atoms with van der Waals surface area (Å²) in [5.74, 6) is -0.628. The van der Waals surface area contributed by atoms with Crippen molar-refractivity contribution >= 4 is 11.6 Å². The Balaban J connectivity index is 2.02. The first-order valence-electron chi connectivity index (χ1n) is 5.92. The van der Waals surface area contributed by atoms with Gasteiger partial charge in [0.25, 0.3) is 0 Å². The molecule has 0 nitrogen and oxygen atoms in total. The van der Waals surface area contributed by atoms with Crippen LogP contribution in [0.5, 0.6) is 0 Å². The van der Waals surface area contributed by atoms with Crippen molar-refractivity contribution in [1.29, 1.82) is 0 Å². The molecule has 0 heterocycles. The van der Waals surface area contributed by atoms with Gasteiger partial charge in [0.15, 0.2) is 11.6 Å². The molecule has 3 heteroatoms. The fraction of sp³-hybridized carbons (Fsp3) is 0.429. The molecular formula is C14H15ClF2. The summed E-state index contributed by atoms with van der Waals surface area (Å²) in [6, 6.07) is 4.24. The van der Waals surface area contributed by atoms with Gasteiger partial charge in [-0.1, -0.05) is 23.7 Å². The quantitative estimate of drug-likeness (QED) is 0.699. The minimum absolute atomic E-state index is 0.352. The topological polar surface area (TPSA) is 0 Å². The number of hydrogen-bond acceptors (Lipinski definition) is 0. The van der Waals surface area contributed by atoms with E-state index in [4.69, 9.17) is 11.6 Å². The molecule has 1 aromatic rings. The summed E-state index contributed by atoms with van der Waals surface area (Å²) in [4.78, 5) is 0. The monoisotopic (exact) mass is 256 g/mol. The fourth-order valence-corrected chi connectivity index (χ4v) is 2.72. The van der Waals surface area contributed by atoms with Crippen LogP contribution in [0.15, 0.2) is 29.8 Å². The number of halogens is 3. The van der Waals surface area contributed by atoms with E-state index in [1.165, 1.54) is 12.1 Å². The van der Waals surface area contributed by atoms with Crippen LogP contribution in [0.1, 0.15) is 37.2 Å². The summed E-state index contributed by atoms with van der Waals surface area (Å²) in [5, 5.41) is 0. The second kappa shape index (κ2) is 5.63. The molecule has 17 heavy (non-hydrogen) atoms. The molecule has 0 unspecified atom stereocenters. The molecule has 0 bridgehead atoms. The summed E-state index contributed by atoms with van der Waals surface area (Å²) in [5.41, 5.74) is 2.49. The normalized spacial score (nSPS) is 25.4. The lowest BCUT2D eigenvalue weighted by Crippen LogP contribution is -2.12. The Morgan fingerprint density at radius 3 is 2.35 bits per heavy atom. The third kappa shape index (κ3) is 3.06. The fourth-order valence-electron chi connectivity index (χ4n) is 2.51. The van der Waals surface area contributed by atoms with E-state index in [1.54, 1.807) is 11.6 Å². The van der Waals surface area contributed by atoms with E-state index >= 15 is 0 Å². The molecule has 1 fully saturated rings. The van der Waals surface area contributed by atoms with Gasteiger partial charge in [0, 0.05) is 5.54 Å². The van der Waals surface area contributed by atoms with Crippen molar-refractivity contribution in [2.24, 2.45) is 5.92 Å². The zero-order valence-corrected chi connectivity index (χ0v) is 10.3. The van der Waals surface area contributed by atoms with Crippen molar-refractivity contribution < 1.29 is 8.78 Å². The summed E-state index contributed by atoms with van der Waals surface area (Å²) < 4.78 is 26.0. The molecule has 0 saturated heterocycles. The Hall–Kier alpha value is -0.890. The maximum absolute atomic E-state index is 13.1. The number of rotatable bonds is 2. The largest absolute Gasteiger partial charge is 0.204 e. The summed E-state index contributed by atoms with van der Waals surface area (Å²) in [7, 11) is 0. The Bertz CT molecular complexity index is 407. The summed E-state index contributed by atoms with van der Waals surface area (Å²) in [6.07, 6.45) is 6.16. The Kier molecular flexibility index (Phi) is 4.16. The van der Waals surface area contributed by atoms with E-state index in [-0.39, 0.29) is 0 Å². The highest BCUT2D eigenvalue weighted by Crippen LogP contribution is 2.36. The number of benzene rings is 1. The highest BCUT2D eigenvalue weighted by atomic mass is 35.5. The molecule has 0 radical (unpaired) electrons. The van der Waals surface area contributed by atoms with Gasteiger partial charge < -0.3 is 0 Å². The van der Waals surface area contributed by atoms with Crippen LogP contribution >= 0.6 is 11.6 Å². The van der Waals surface area contributed by atoms with E-state index in [0.29, 0.717) is 11.8 Å². The predicted molar refractivity (Wildman–Crippen MR) is 66.1 cm³/mol. The van der Waals surface area contributed by atoms with Gasteiger partial charge in [-0.15, -0.1) is 0 Å². The molecule has 1 aliphatic carbocycles. The zero-order valence-electron chi connectivity index (χ0n) is 9.50. The van der Waals surface area contributed by atoms with Crippen molar-refractivity contribution in [3.63, 3.8) is 0 Å². The van der Waals surface area contributed by atoms with Crippen LogP contribution in [0.4, 0.5) is 8.78 Å². The third-order valence-corrected chi connectivity index (χ3v) is 3.68. The third-order valence-electron chi connectivity index (χ3n) is 3.53. The highest BCUT2D eigenvalue weighted by molar-refractivity contribution is 6.25. The van der Waals surface area contributed by atoms with E-state index < -0.39 is 11.6 Å². The van der Waals surface area contributed by atoms with E-state index in [2.05, 4.69) is 0 Å². The standard InChI is InChI=1S/C14H15ClF2/c15-8-7-10-1-3-11(4-2-10)12-5-6-13(16)14(17)9-12/h5-11H,1-4H2/b8-7+. The first kappa shape index (κ1) is 12.6. The molecule has 1 aromatic carbocycles. The molecule has 92 valence electrons. The number of allylic oxidation sites excluding steroid dienone is 1. The summed E-state index contributed by atoms with van der Waals surface area (Å²) >= 11 is 5.55. The van der Waals surface area contributed by atoms with Crippen LogP contribution in [0.3, 0.4) is 0 Å². The molecule has 0 N–H and O–H groups in total. The van der Waals surface area contributed by atoms with Crippen molar-refractivity contribution in [3.8, 4) is 0 Å². The molecule has 0 aromatic heterocycles. The van der Waals surface area contributed by atoms with Crippen LogP contribution in [0.2, 0.25) is 0 Å². The van der Waals surface area contributed by atoms with Crippen molar-refractivity contribution in [2.45, 2.75) is 31.6 Å². The van der Waals surface area contributed by atoms with Gasteiger partial charge in [-0.25, -0.2) is 8.78 Å². The van der Waals surface area contributed by atoms with Gasteiger partial charge in [0.2, 0.25) is 0 Å². The molecule has 2 rings (SSSR count). The first-order chi connectivity index (χ1) is 8.20. The van der Waals surface area contributed by atoms with Gasteiger partial charge in [0.1, 0.15) is 0 Å². The average Bonchev–Trinajstić information content (AvgIpc) is 2.34. The lowest BCUT2D eigenvalue weighted by Gasteiger charge is -2.27. The SMILES string of the molecule is Fc1ccc(C2CCC(/C=C/Cl)CC2)cc1F. The predicted octanol–water partition coefficient (Wildman–Crippen LogP) is 4.99. The van der Waals surface area contributed by atoms with Crippen LogP contribution in [0.25, 0.3) is 0 Å². The Labute approximate surface area is 105 Å². The minimum Gasteiger partial charge on any atom is -0.204 e. The van der Waals surface area contributed by atoms with Gasteiger partial charge in [-0.05, 0) is 55.2 Å². The average molecular weight is 257 g/mol. The maximum Gasteiger partial charge on any atom is 0.159 e. The maximum atomic E-state index is 13.1. The first-order valence-corrected chi connectivity index (χ1v) is 6.36. The Morgan fingerprint density at radius 1 is 1.06 bits per heavy atom. The Morgan fingerprint density at radius 2 is 1.76 bits per heavy atom. The molecular weight excluding hydrogens is 242 g/mol. The van der Waals surface area contributed by atoms with Crippen molar-refractivity contribution in [3.05, 3.63) is 47.0 Å². The summed E-state index contributed by atoms with van der Waals surface area (Å²) in [6.45, 7) is 0. The van der Waals surface area contributed by atoms with Gasteiger partial charge in [0.05, 0.1) is 0 Å². The molecule has 1 aliphatic rings. The van der Waals surface area contributed by atoms with Gasteiger partial charge >= 0.3 is 0 Å². The van der Waals surface area contributed by atoms with Crippen LogP contribution in [-0.2, 0) is 0 Å². The molecule has 0 atom stereocenters. The molecule has 1 saturated carbocycles. The van der Waals surface area contributed by atoms with E-state index in [9.17, 15) is 8.78 Å². The van der Waals surface area contributed by atoms with Crippen molar-refractivity contribution in [2.75, 3.05) is 0 Å². The smallest absolute Gasteiger partial charge is 0.159 e. The highest BCUT2D eigenvalue weighted by Gasteiger charge is 2.21. The lowest BCUT2D eigenvalue weighted by molar-refractivity contribution is 0.374. The lowest BCUT2D eigenvalue weighted by atomic mass is 9.79. The molecule has 0 amide bonds. The van der Waals surface area contributed by atoms with E-state index in [0.717, 1.165) is 31.2 Å². The van der Waals surface area contributed by atoms with Gasteiger partial charge in [-0.2, -0.15) is 0 Å². The zero-order chi connectivity index (χ0) is 12.3. The van der Waals surface area contributed by atoms with Crippen molar-refractivity contribution in [1.82, 2.24) is 0 Å². The number of hydrogen-bond donors (Lipinski definition) is 0. The molecule has 0 aliphatic heterocycles. The second-order valence-corrected chi connectivity index (χ2v) is 4.86. The molecule has 0 spiro atoms.